The topological polar surface area (TPSA) is 75.6 Å². The number of nitrogens with one attached hydrogen (secondary N) is 1. The van der Waals surface area contributed by atoms with Crippen LogP contribution in [0.5, 0.6) is 5.75 Å². The van der Waals surface area contributed by atoms with Crippen molar-refractivity contribution in [1.29, 1.82) is 0 Å². The Labute approximate surface area is 141 Å². The number of carboxylic acid groups (broad SMARTS) is 1. The maximum Gasteiger partial charge on any atom is 0.329 e. The van der Waals surface area contributed by atoms with Crippen LogP contribution in [0, 0.1) is 0 Å². The fourth-order valence-corrected chi connectivity index (χ4v) is 3.07. The first-order valence-corrected chi connectivity index (χ1v) is 8.44. The third-order valence-electron chi connectivity index (χ3n) is 4.16. The van der Waals surface area contributed by atoms with E-state index in [1.54, 1.807) is 12.1 Å². The summed E-state index contributed by atoms with van der Waals surface area (Å²) in [7, 11) is 0. The second kappa shape index (κ2) is 8.20. The van der Waals surface area contributed by atoms with E-state index in [1.807, 2.05) is 18.2 Å². The van der Waals surface area contributed by atoms with E-state index in [0.717, 1.165) is 19.3 Å². The highest BCUT2D eigenvalue weighted by Crippen LogP contribution is 2.29. The monoisotopic (exact) mass is 339 g/mol. The van der Waals surface area contributed by atoms with Crippen LogP contribution in [0.1, 0.15) is 38.5 Å². The van der Waals surface area contributed by atoms with Gasteiger partial charge in [-0.1, -0.05) is 37.5 Å². The lowest BCUT2D eigenvalue weighted by atomic mass is 9.81. The lowest BCUT2D eigenvalue weighted by Gasteiger charge is -2.35. The van der Waals surface area contributed by atoms with Crippen molar-refractivity contribution in [1.82, 2.24) is 5.32 Å². The van der Waals surface area contributed by atoms with Gasteiger partial charge in [-0.25, -0.2) is 4.79 Å². The third kappa shape index (κ3) is 4.61. The molecule has 0 bridgehead atoms. The zero-order valence-corrected chi connectivity index (χ0v) is 13.7. The van der Waals surface area contributed by atoms with E-state index in [1.165, 1.54) is 0 Å². The first kappa shape index (κ1) is 17.6. The highest BCUT2D eigenvalue weighted by molar-refractivity contribution is 6.18. The van der Waals surface area contributed by atoms with Crippen LogP contribution in [0.15, 0.2) is 30.3 Å². The molecular weight excluding hydrogens is 318 g/mol. The van der Waals surface area contributed by atoms with Crippen LogP contribution in [-0.4, -0.2) is 34.5 Å². The molecule has 1 fully saturated rings. The van der Waals surface area contributed by atoms with Crippen molar-refractivity contribution in [2.24, 2.45) is 0 Å². The molecule has 0 heterocycles. The number of rotatable bonds is 7. The number of amides is 1. The molecule has 0 saturated heterocycles. The molecular formula is C17H22ClNO4. The van der Waals surface area contributed by atoms with Gasteiger partial charge < -0.3 is 15.2 Å². The molecule has 23 heavy (non-hydrogen) atoms. The Bertz CT molecular complexity index is 529. The molecule has 1 unspecified atom stereocenters. The van der Waals surface area contributed by atoms with Crippen molar-refractivity contribution in [2.75, 3.05) is 5.88 Å². The van der Waals surface area contributed by atoms with Gasteiger partial charge in [0.05, 0.1) is 0 Å². The number of carbonyl (C=O) groups is 2. The minimum atomic E-state index is -1.18. The van der Waals surface area contributed by atoms with Crippen LogP contribution in [-0.2, 0) is 9.59 Å². The molecule has 2 N–H and O–H groups in total. The van der Waals surface area contributed by atoms with Gasteiger partial charge in [-0.2, -0.15) is 0 Å². The highest BCUT2D eigenvalue weighted by atomic mass is 35.5. The Balaban J connectivity index is 2.08. The van der Waals surface area contributed by atoms with E-state index < -0.39 is 23.5 Å². The van der Waals surface area contributed by atoms with Gasteiger partial charge in [0.25, 0.3) is 5.91 Å². The minimum Gasteiger partial charge on any atom is -0.481 e. The second-order valence-electron chi connectivity index (χ2n) is 5.83. The summed E-state index contributed by atoms with van der Waals surface area (Å²) in [6.45, 7) is 0. The van der Waals surface area contributed by atoms with Crippen molar-refractivity contribution in [3.8, 4) is 5.75 Å². The Morgan fingerprint density at radius 2 is 1.87 bits per heavy atom. The summed E-state index contributed by atoms with van der Waals surface area (Å²) in [5.41, 5.74) is -1.18. The van der Waals surface area contributed by atoms with Crippen LogP contribution in [0.3, 0.4) is 0 Å². The second-order valence-corrected chi connectivity index (χ2v) is 6.21. The van der Waals surface area contributed by atoms with E-state index in [2.05, 4.69) is 5.32 Å². The predicted molar refractivity (Wildman–Crippen MR) is 87.8 cm³/mol. The van der Waals surface area contributed by atoms with Crippen LogP contribution >= 0.6 is 11.6 Å². The number of benzene rings is 1. The summed E-state index contributed by atoms with van der Waals surface area (Å²) in [4.78, 5) is 24.2. The smallest absolute Gasteiger partial charge is 0.329 e. The van der Waals surface area contributed by atoms with E-state index in [4.69, 9.17) is 16.3 Å². The fraction of sp³-hybridized carbons (Fsp3) is 0.529. The maximum absolute atomic E-state index is 12.6. The largest absolute Gasteiger partial charge is 0.481 e. The van der Waals surface area contributed by atoms with Gasteiger partial charge in [0.15, 0.2) is 6.10 Å². The number of halogens is 1. The normalized spacial score (nSPS) is 18.0. The van der Waals surface area contributed by atoms with Crippen LogP contribution in [0.4, 0.5) is 0 Å². The molecule has 0 spiro atoms. The van der Waals surface area contributed by atoms with Gasteiger partial charge in [-0.15, -0.1) is 11.6 Å². The number of ether oxygens (including phenoxy) is 1. The number of hydrogen-bond donors (Lipinski definition) is 2. The number of hydrogen-bond acceptors (Lipinski definition) is 3. The minimum absolute atomic E-state index is 0.255. The molecule has 6 heteroatoms. The lowest BCUT2D eigenvalue weighted by molar-refractivity contribution is -0.150. The Morgan fingerprint density at radius 3 is 2.43 bits per heavy atom. The number of alkyl halides is 1. The summed E-state index contributed by atoms with van der Waals surface area (Å²) in [5.74, 6) is -0.579. The summed E-state index contributed by atoms with van der Waals surface area (Å²) in [5, 5.41) is 12.3. The Morgan fingerprint density at radius 1 is 1.22 bits per heavy atom. The van der Waals surface area contributed by atoms with Crippen LogP contribution < -0.4 is 10.1 Å². The van der Waals surface area contributed by atoms with Gasteiger partial charge >= 0.3 is 5.97 Å². The number of aliphatic carboxylic acids is 1. The fourth-order valence-electron chi connectivity index (χ4n) is 2.87. The standard InChI is InChI=1S/C17H22ClNO4/c18-12-9-14(23-13-7-3-1-4-8-13)15(20)19-17(16(21)22)10-5-2-6-11-17/h1,3-4,7-8,14H,2,5-6,9-12H2,(H,19,20)(H,21,22). The van der Waals surface area contributed by atoms with E-state index in [0.29, 0.717) is 25.0 Å². The molecule has 1 aromatic rings. The van der Waals surface area contributed by atoms with E-state index in [-0.39, 0.29) is 5.88 Å². The highest BCUT2D eigenvalue weighted by Gasteiger charge is 2.42. The molecule has 1 aromatic carbocycles. The van der Waals surface area contributed by atoms with Crippen LogP contribution in [0.2, 0.25) is 0 Å². The number of para-hydroxylation sites is 1. The zero-order valence-electron chi connectivity index (χ0n) is 13.0. The molecule has 0 radical (unpaired) electrons. The average molecular weight is 340 g/mol. The average Bonchev–Trinajstić information content (AvgIpc) is 2.56. The molecule has 0 aliphatic heterocycles. The van der Waals surface area contributed by atoms with Gasteiger partial charge in [-0.3, -0.25) is 4.79 Å². The summed E-state index contributed by atoms with van der Waals surface area (Å²) in [6.07, 6.45) is 3.01. The third-order valence-corrected chi connectivity index (χ3v) is 4.38. The molecule has 1 amide bonds. The quantitative estimate of drug-likeness (QED) is 0.749. The van der Waals surface area contributed by atoms with Crippen molar-refractivity contribution >= 4 is 23.5 Å². The van der Waals surface area contributed by atoms with Gasteiger partial charge in [0, 0.05) is 12.3 Å². The Kier molecular flexibility index (Phi) is 6.28. The van der Waals surface area contributed by atoms with Crippen LogP contribution in [0.25, 0.3) is 0 Å². The SMILES string of the molecule is O=C(NC1(C(=O)O)CCCCC1)C(CCCl)Oc1ccccc1. The predicted octanol–water partition coefficient (Wildman–Crippen LogP) is 2.97. The van der Waals surface area contributed by atoms with Crippen molar-refractivity contribution in [3.63, 3.8) is 0 Å². The number of carboxylic acids is 1. The van der Waals surface area contributed by atoms with E-state index >= 15 is 0 Å². The molecule has 2 rings (SSSR count). The molecule has 1 aliphatic carbocycles. The van der Waals surface area contributed by atoms with Crippen molar-refractivity contribution in [3.05, 3.63) is 30.3 Å². The summed E-state index contributed by atoms with van der Waals surface area (Å²) in [6, 6.07) is 8.98. The Hall–Kier alpha value is -1.75. The summed E-state index contributed by atoms with van der Waals surface area (Å²) < 4.78 is 5.69. The molecule has 5 nitrogen and oxygen atoms in total. The molecule has 0 aromatic heterocycles. The van der Waals surface area contributed by atoms with Gasteiger partial charge in [0.2, 0.25) is 0 Å². The van der Waals surface area contributed by atoms with Crippen molar-refractivity contribution in [2.45, 2.75) is 50.2 Å². The van der Waals surface area contributed by atoms with E-state index in [9.17, 15) is 14.7 Å². The number of carbonyl (C=O) groups excluding carboxylic acids is 1. The maximum atomic E-state index is 12.6. The molecule has 1 saturated carbocycles. The molecule has 126 valence electrons. The summed E-state index contributed by atoms with van der Waals surface area (Å²) >= 11 is 5.77. The van der Waals surface area contributed by atoms with Gasteiger partial charge in [0.1, 0.15) is 11.3 Å². The first-order chi connectivity index (χ1) is 11.1. The van der Waals surface area contributed by atoms with Gasteiger partial charge in [-0.05, 0) is 25.0 Å². The first-order valence-electron chi connectivity index (χ1n) is 7.90. The molecule has 1 atom stereocenters. The lowest BCUT2D eigenvalue weighted by Crippen LogP contribution is -2.58. The van der Waals surface area contributed by atoms with Crippen molar-refractivity contribution < 1.29 is 19.4 Å². The zero-order chi connectivity index (χ0) is 16.7. The molecule has 1 aliphatic rings.